The molecular formula is C14H10FNO4. The lowest BCUT2D eigenvalue weighted by Gasteiger charge is -2.05. The molecule has 2 rings (SSSR count). The van der Waals surface area contributed by atoms with Crippen molar-refractivity contribution in [2.75, 3.05) is 7.11 Å². The predicted molar refractivity (Wildman–Crippen MR) is 69.8 cm³/mol. The number of ether oxygens (including phenoxy) is 1. The van der Waals surface area contributed by atoms with Gasteiger partial charge in [-0.25, -0.2) is 9.18 Å². The molecule has 0 unspecified atom stereocenters. The Morgan fingerprint density at radius 2 is 1.90 bits per heavy atom. The van der Waals surface area contributed by atoms with Crippen LogP contribution in [0.4, 0.5) is 10.1 Å². The van der Waals surface area contributed by atoms with Crippen LogP contribution in [0.1, 0.15) is 10.4 Å². The molecule has 102 valence electrons. The quantitative estimate of drug-likeness (QED) is 0.490. The Hall–Kier alpha value is -2.76. The number of hydrogen-bond donors (Lipinski definition) is 0. The molecule has 0 atom stereocenters. The van der Waals surface area contributed by atoms with E-state index in [4.69, 9.17) is 0 Å². The summed E-state index contributed by atoms with van der Waals surface area (Å²) in [5.74, 6) is -1.23. The number of nitro benzene ring substituents is 1. The maximum atomic E-state index is 13.2. The summed E-state index contributed by atoms with van der Waals surface area (Å²) in [4.78, 5) is 21.8. The van der Waals surface area contributed by atoms with Gasteiger partial charge in [0.1, 0.15) is 11.4 Å². The molecular weight excluding hydrogens is 265 g/mol. The number of nitrogens with zero attached hydrogens (tertiary/aromatic N) is 1. The molecule has 0 bridgehead atoms. The lowest BCUT2D eigenvalue weighted by Crippen LogP contribution is -2.05. The molecule has 0 spiro atoms. The zero-order valence-electron chi connectivity index (χ0n) is 10.5. The summed E-state index contributed by atoms with van der Waals surface area (Å²) < 4.78 is 17.7. The van der Waals surface area contributed by atoms with Gasteiger partial charge in [0.25, 0.3) is 5.69 Å². The molecule has 0 radical (unpaired) electrons. The second kappa shape index (κ2) is 5.48. The summed E-state index contributed by atoms with van der Waals surface area (Å²) in [6, 6.07) is 9.70. The second-order valence-electron chi connectivity index (χ2n) is 3.99. The minimum Gasteiger partial charge on any atom is -0.465 e. The van der Waals surface area contributed by atoms with Gasteiger partial charge in [-0.1, -0.05) is 18.2 Å². The molecule has 0 heterocycles. The van der Waals surface area contributed by atoms with Gasteiger partial charge in [-0.05, 0) is 29.3 Å². The average Bonchev–Trinajstić information content (AvgIpc) is 2.45. The van der Waals surface area contributed by atoms with Crippen molar-refractivity contribution in [3.8, 4) is 11.1 Å². The first-order valence-corrected chi connectivity index (χ1v) is 5.65. The van der Waals surface area contributed by atoms with Crippen molar-refractivity contribution in [1.82, 2.24) is 0 Å². The maximum Gasteiger partial charge on any atom is 0.344 e. The van der Waals surface area contributed by atoms with Gasteiger partial charge in [0.05, 0.1) is 12.0 Å². The van der Waals surface area contributed by atoms with Crippen LogP contribution in [0.5, 0.6) is 0 Å². The third-order valence-electron chi connectivity index (χ3n) is 2.76. The van der Waals surface area contributed by atoms with E-state index in [1.165, 1.54) is 36.4 Å². The molecule has 5 nitrogen and oxygen atoms in total. The number of carbonyl (C=O) groups excluding carboxylic acids is 1. The van der Waals surface area contributed by atoms with E-state index in [0.717, 1.165) is 7.11 Å². The molecule has 0 aliphatic carbocycles. The van der Waals surface area contributed by atoms with E-state index in [-0.39, 0.29) is 11.3 Å². The van der Waals surface area contributed by atoms with Gasteiger partial charge < -0.3 is 4.74 Å². The Balaban J connectivity index is 2.56. The summed E-state index contributed by atoms with van der Waals surface area (Å²) in [6.07, 6.45) is 0. The smallest absolute Gasteiger partial charge is 0.344 e. The molecule has 0 saturated carbocycles. The van der Waals surface area contributed by atoms with Crippen molar-refractivity contribution in [2.45, 2.75) is 0 Å². The Labute approximate surface area is 113 Å². The van der Waals surface area contributed by atoms with Gasteiger partial charge in [0.15, 0.2) is 0 Å². The average molecular weight is 275 g/mol. The molecule has 20 heavy (non-hydrogen) atoms. The summed E-state index contributed by atoms with van der Waals surface area (Å²) in [5.41, 5.74) is 0.421. The van der Waals surface area contributed by atoms with Crippen LogP contribution in [-0.2, 0) is 4.74 Å². The minimum absolute atomic E-state index is 0.141. The van der Waals surface area contributed by atoms with Gasteiger partial charge in [-0.15, -0.1) is 0 Å². The van der Waals surface area contributed by atoms with Crippen molar-refractivity contribution >= 4 is 11.7 Å². The number of benzene rings is 2. The van der Waals surface area contributed by atoms with Crippen molar-refractivity contribution < 1.29 is 18.8 Å². The number of carbonyl (C=O) groups is 1. The minimum atomic E-state index is -0.789. The van der Waals surface area contributed by atoms with Crippen molar-refractivity contribution in [1.29, 1.82) is 0 Å². The number of esters is 1. The summed E-state index contributed by atoms with van der Waals surface area (Å²) in [7, 11) is 1.15. The Kier molecular flexibility index (Phi) is 3.74. The first kappa shape index (κ1) is 13.7. The van der Waals surface area contributed by atoms with Crippen LogP contribution in [-0.4, -0.2) is 18.0 Å². The monoisotopic (exact) mass is 275 g/mol. The van der Waals surface area contributed by atoms with Crippen LogP contribution < -0.4 is 0 Å². The number of nitro groups is 1. The number of rotatable bonds is 3. The van der Waals surface area contributed by atoms with Gasteiger partial charge in [-0.2, -0.15) is 0 Å². The SMILES string of the molecule is COC(=O)c1ccc(-c2cccc(F)c2)cc1[N+](=O)[O-]. The lowest BCUT2D eigenvalue weighted by molar-refractivity contribution is -0.385. The number of methoxy groups -OCH3 is 1. The Bertz CT molecular complexity index is 685. The van der Waals surface area contributed by atoms with Crippen LogP contribution in [0.25, 0.3) is 11.1 Å². The third-order valence-corrected chi connectivity index (χ3v) is 2.76. The highest BCUT2D eigenvalue weighted by Crippen LogP contribution is 2.28. The van der Waals surface area contributed by atoms with Crippen LogP contribution in [0.2, 0.25) is 0 Å². The normalized spacial score (nSPS) is 10.1. The summed E-state index contributed by atoms with van der Waals surface area (Å²) in [6.45, 7) is 0. The van der Waals surface area contributed by atoms with E-state index in [2.05, 4.69) is 4.74 Å². The fraction of sp³-hybridized carbons (Fsp3) is 0.0714. The van der Waals surface area contributed by atoms with E-state index < -0.39 is 16.7 Å². The predicted octanol–water partition coefficient (Wildman–Crippen LogP) is 3.19. The van der Waals surface area contributed by atoms with Gasteiger partial charge in [0.2, 0.25) is 0 Å². The highest BCUT2D eigenvalue weighted by molar-refractivity contribution is 5.94. The fourth-order valence-electron chi connectivity index (χ4n) is 1.81. The molecule has 6 heteroatoms. The van der Waals surface area contributed by atoms with Crippen LogP contribution >= 0.6 is 0 Å². The highest BCUT2D eigenvalue weighted by Gasteiger charge is 2.21. The molecule has 2 aromatic carbocycles. The third kappa shape index (κ3) is 2.64. The van der Waals surface area contributed by atoms with Gasteiger partial charge in [-0.3, -0.25) is 10.1 Å². The van der Waals surface area contributed by atoms with Crippen LogP contribution in [0.15, 0.2) is 42.5 Å². The van der Waals surface area contributed by atoms with Crippen molar-refractivity contribution in [2.24, 2.45) is 0 Å². The summed E-state index contributed by atoms with van der Waals surface area (Å²) >= 11 is 0. The first-order valence-electron chi connectivity index (χ1n) is 5.65. The van der Waals surface area contributed by atoms with E-state index in [9.17, 15) is 19.3 Å². The highest BCUT2D eigenvalue weighted by atomic mass is 19.1. The van der Waals surface area contributed by atoms with Crippen LogP contribution in [0, 0.1) is 15.9 Å². The Morgan fingerprint density at radius 3 is 2.50 bits per heavy atom. The van der Waals surface area contributed by atoms with E-state index in [1.807, 2.05) is 0 Å². The first-order chi connectivity index (χ1) is 9.52. The lowest BCUT2D eigenvalue weighted by atomic mass is 10.0. The standard InChI is InChI=1S/C14H10FNO4/c1-20-14(17)12-6-5-10(8-13(12)16(18)19)9-3-2-4-11(15)7-9/h2-8H,1H3. The van der Waals surface area contributed by atoms with Gasteiger partial charge in [0, 0.05) is 6.07 Å². The zero-order valence-corrected chi connectivity index (χ0v) is 10.5. The molecule has 2 aromatic rings. The summed E-state index contributed by atoms with van der Waals surface area (Å²) in [5, 5.41) is 11.0. The van der Waals surface area contributed by atoms with E-state index in [1.54, 1.807) is 6.07 Å². The maximum absolute atomic E-state index is 13.2. The van der Waals surface area contributed by atoms with E-state index >= 15 is 0 Å². The van der Waals surface area contributed by atoms with Crippen molar-refractivity contribution in [3.63, 3.8) is 0 Å². The van der Waals surface area contributed by atoms with Crippen LogP contribution in [0.3, 0.4) is 0 Å². The zero-order chi connectivity index (χ0) is 14.7. The fourth-order valence-corrected chi connectivity index (χ4v) is 1.81. The number of hydrogen-bond acceptors (Lipinski definition) is 4. The molecule has 0 aromatic heterocycles. The largest absolute Gasteiger partial charge is 0.465 e. The second-order valence-corrected chi connectivity index (χ2v) is 3.99. The molecule has 0 saturated heterocycles. The molecule has 0 aliphatic heterocycles. The van der Waals surface area contributed by atoms with E-state index in [0.29, 0.717) is 11.1 Å². The number of halogens is 1. The van der Waals surface area contributed by atoms with Gasteiger partial charge >= 0.3 is 5.97 Å². The molecule has 0 amide bonds. The molecule has 0 fully saturated rings. The van der Waals surface area contributed by atoms with Crippen molar-refractivity contribution in [3.05, 3.63) is 64.0 Å². The topological polar surface area (TPSA) is 69.4 Å². The Morgan fingerprint density at radius 1 is 1.20 bits per heavy atom. The molecule has 0 N–H and O–H groups in total. The molecule has 0 aliphatic rings.